The maximum Gasteiger partial charge on any atom is 0.0447 e. The lowest BCUT2D eigenvalue weighted by Gasteiger charge is -2.35. The van der Waals surface area contributed by atoms with Crippen molar-refractivity contribution in [2.24, 2.45) is 11.8 Å². The van der Waals surface area contributed by atoms with Gasteiger partial charge in [0.1, 0.15) is 0 Å². The van der Waals surface area contributed by atoms with Crippen LogP contribution in [0.2, 0.25) is 0 Å². The molecule has 1 aromatic rings. The zero-order valence-electron chi connectivity index (χ0n) is 11.9. The Hall–Kier alpha value is -0.890. The number of nitrogens with one attached hydrogen (secondary N) is 1. The van der Waals surface area contributed by atoms with Crippen LogP contribution in [0.25, 0.3) is 0 Å². The third-order valence-electron chi connectivity index (χ3n) is 4.59. The van der Waals surface area contributed by atoms with E-state index in [1.165, 1.54) is 31.4 Å². The molecular weight excluding hydrogens is 220 g/mol. The first-order valence-corrected chi connectivity index (χ1v) is 7.30. The average Bonchev–Trinajstić information content (AvgIpc) is 2.42. The molecule has 0 amide bonds. The summed E-state index contributed by atoms with van der Waals surface area (Å²) < 4.78 is 0. The van der Waals surface area contributed by atoms with E-state index in [-0.39, 0.29) is 0 Å². The molecular formula is C16H26N2. The van der Waals surface area contributed by atoms with E-state index in [1.807, 2.05) is 12.3 Å². The maximum atomic E-state index is 4.52. The maximum absolute atomic E-state index is 4.52. The van der Waals surface area contributed by atoms with Crippen LogP contribution in [0.5, 0.6) is 0 Å². The minimum absolute atomic E-state index is 0.495. The second-order valence-corrected chi connectivity index (χ2v) is 5.88. The van der Waals surface area contributed by atoms with Crippen LogP contribution in [-0.2, 0) is 0 Å². The third-order valence-corrected chi connectivity index (χ3v) is 4.59. The third kappa shape index (κ3) is 3.11. The molecule has 1 heterocycles. The van der Waals surface area contributed by atoms with Crippen LogP contribution in [0.4, 0.5) is 0 Å². The lowest BCUT2D eigenvalue weighted by atomic mass is 9.75. The van der Waals surface area contributed by atoms with Crippen LogP contribution in [0.1, 0.15) is 51.1 Å². The summed E-state index contributed by atoms with van der Waals surface area (Å²) in [6, 6.07) is 6.80. The van der Waals surface area contributed by atoms with Gasteiger partial charge in [-0.1, -0.05) is 32.8 Å². The van der Waals surface area contributed by atoms with E-state index in [4.69, 9.17) is 0 Å². The fraction of sp³-hybridized carbons (Fsp3) is 0.688. The highest BCUT2D eigenvalue weighted by atomic mass is 14.9. The molecule has 0 aromatic carbocycles. The molecule has 1 aliphatic carbocycles. The van der Waals surface area contributed by atoms with Gasteiger partial charge in [0.15, 0.2) is 0 Å². The molecule has 18 heavy (non-hydrogen) atoms. The molecule has 0 spiro atoms. The first-order valence-electron chi connectivity index (χ1n) is 7.30. The Bertz CT molecular complexity index is 341. The smallest absolute Gasteiger partial charge is 0.0447 e. The second-order valence-electron chi connectivity index (χ2n) is 5.88. The lowest BCUT2D eigenvalue weighted by Crippen LogP contribution is -2.40. The average molecular weight is 246 g/mol. The zero-order valence-corrected chi connectivity index (χ0v) is 11.9. The summed E-state index contributed by atoms with van der Waals surface area (Å²) in [4.78, 5) is 4.52. The minimum Gasteiger partial charge on any atom is -0.316 e. The second kappa shape index (κ2) is 6.33. The topological polar surface area (TPSA) is 24.9 Å². The van der Waals surface area contributed by atoms with Crippen LogP contribution in [0, 0.1) is 11.8 Å². The van der Waals surface area contributed by atoms with Gasteiger partial charge in [-0.15, -0.1) is 0 Å². The Balaban J connectivity index is 2.04. The van der Waals surface area contributed by atoms with Crippen molar-refractivity contribution in [3.8, 4) is 0 Å². The van der Waals surface area contributed by atoms with Crippen LogP contribution in [0.3, 0.4) is 0 Å². The standard InChI is InChI=1S/C16H26N2/c1-12-7-9-14(10-8-12)16(17-3)13(2)15-6-4-5-11-18-15/h4-6,11-14,16-17H,7-10H2,1-3H3. The molecule has 0 bridgehead atoms. The van der Waals surface area contributed by atoms with Gasteiger partial charge in [0.25, 0.3) is 0 Å². The Labute approximate surface area is 111 Å². The Morgan fingerprint density at radius 3 is 2.50 bits per heavy atom. The van der Waals surface area contributed by atoms with Crippen molar-refractivity contribution in [3.63, 3.8) is 0 Å². The van der Waals surface area contributed by atoms with E-state index in [0.29, 0.717) is 12.0 Å². The minimum atomic E-state index is 0.495. The summed E-state index contributed by atoms with van der Waals surface area (Å²) in [7, 11) is 2.10. The molecule has 1 saturated carbocycles. The fourth-order valence-corrected chi connectivity index (χ4v) is 3.37. The molecule has 0 radical (unpaired) electrons. The number of hydrogen-bond donors (Lipinski definition) is 1. The summed E-state index contributed by atoms with van der Waals surface area (Å²) in [5.74, 6) is 2.22. The summed E-state index contributed by atoms with van der Waals surface area (Å²) in [6.07, 6.45) is 7.41. The van der Waals surface area contributed by atoms with E-state index in [1.54, 1.807) is 0 Å². The van der Waals surface area contributed by atoms with Crippen LogP contribution < -0.4 is 5.32 Å². The number of hydrogen-bond acceptors (Lipinski definition) is 2. The van der Waals surface area contributed by atoms with Gasteiger partial charge in [-0.05, 0) is 43.9 Å². The Kier molecular flexibility index (Phi) is 4.76. The van der Waals surface area contributed by atoms with Gasteiger partial charge < -0.3 is 5.32 Å². The first-order chi connectivity index (χ1) is 8.72. The molecule has 2 heteroatoms. The van der Waals surface area contributed by atoms with E-state index in [0.717, 1.165) is 11.8 Å². The highest BCUT2D eigenvalue weighted by molar-refractivity contribution is 5.11. The van der Waals surface area contributed by atoms with Crippen molar-refractivity contribution in [1.29, 1.82) is 0 Å². The number of aromatic nitrogens is 1. The van der Waals surface area contributed by atoms with Gasteiger partial charge in [-0.3, -0.25) is 4.98 Å². The van der Waals surface area contributed by atoms with E-state index in [2.05, 4.69) is 43.3 Å². The Morgan fingerprint density at radius 1 is 1.22 bits per heavy atom. The van der Waals surface area contributed by atoms with Crippen molar-refractivity contribution >= 4 is 0 Å². The number of likely N-dealkylation sites (N-methyl/N-ethyl adjacent to an activating group) is 1. The van der Waals surface area contributed by atoms with E-state index < -0.39 is 0 Å². The largest absolute Gasteiger partial charge is 0.316 e. The lowest BCUT2D eigenvalue weighted by molar-refractivity contribution is 0.218. The normalized spacial score (nSPS) is 27.7. The van der Waals surface area contributed by atoms with E-state index >= 15 is 0 Å². The SMILES string of the molecule is CNC(C1CCC(C)CC1)C(C)c1ccccn1. The summed E-state index contributed by atoms with van der Waals surface area (Å²) in [6.45, 7) is 4.69. The van der Waals surface area contributed by atoms with Crippen molar-refractivity contribution < 1.29 is 0 Å². The monoisotopic (exact) mass is 246 g/mol. The van der Waals surface area contributed by atoms with Gasteiger partial charge in [0.05, 0.1) is 0 Å². The molecule has 0 saturated heterocycles. The molecule has 2 unspecified atom stereocenters. The van der Waals surface area contributed by atoms with E-state index in [9.17, 15) is 0 Å². The highest BCUT2D eigenvalue weighted by Gasteiger charge is 2.29. The van der Waals surface area contributed by atoms with Crippen molar-refractivity contribution in [3.05, 3.63) is 30.1 Å². The first kappa shape index (κ1) is 13.5. The molecule has 1 fully saturated rings. The van der Waals surface area contributed by atoms with Crippen molar-refractivity contribution in [2.45, 2.75) is 51.5 Å². The Morgan fingerprint density at radius 2 is 1.94 bits per heavy atom. The van der Waals surface area contributed by atoms with Crippen LogP contribution >= 0.6 is 0 Å². The molecule has 1 aromatic heterocycles. The van der Waals surface area contributed by atoms with Gasteiger partial charge >= 0.3 is 0 Å². The molecule has 1 aliphatic rings. The summed E-state index contributed by atoms with van der Waals surface area (Å²) >= 11 is 0. The molecule has 2 nitrogen and oxygen atoms in total. The molecule has 100 valence electrons. The highest BCUT2D eigenvalue weighted by Crippen LogP contribution is 2.34. The molecule has 2 rings (SSSR count). The molecule has 2 atom stereocenters. The van der Waals surface area contributed by atoms with Crippen LogP contribution in [0.15, 0.2) is 24.4 Å². The number of rotatable bonds is 4. The summed E-state index contributed by atoms with van der Waals surface area (Å²) in [5.41, 5.74) is 1.22. The van der Waals surface area contributed by atoms with Gasteiger partial charge in [0, 0.05) is 23.9 Å². The molecule has 0 aliphatic heterocycles. The van der Waals surface area contributed by atoms with Gasteiger partial charge in [-0.2, -0.15) is 0 Å². The predicted octanol–water partition coefficient (Wildman–Crippen LogP) is 3.60. The number of nitrogens with zero attached hydrogens (tertiary/aromatic N) is 1. The quantitative estimate of drug-likeness (QED) is 0.878. The van der Waals surface area contributed by atoms with Gasteiger partial charge in [0.2, 0.25) is 0 Å². The summed E-state index contributed by atoms with van der Waals surface area (Å²) in [5, 5.41) is 3.54. The number of pyridine rings is 1. The van der Waals surface area contributed by atoms with Crippen molar-refractivity contribution in [2.75, 3.05) is 7.05 Å². The van der Waals surface area contributed by atoms with Crippen molar-refractivity contribution in [1.82, 2.24) is 10.3 Å². The molecule has 1 N–H and O–H groups in total. The van der Waals surface area contributed by atoms with Crippen LogP contribution in [-0.4, -0.2) is 18.1 Å². The van der Waals surface area contributed by atoms with Gasteiger partial charge in [-0.25, -0.2) is 0 Å². The zero-order chi connectivity index (χ0) is 13.0. The predicted molar refractivity (Wildman–Crippen MR) is 76.6 cm³/mol. The fourth-order valence-electron chi connectivity index (χ4n) is 3.37.